The molecule has 10 heteroatoms. The van der Waals surface area contributed by atoms with Crippen LogP contribution in [-0.4, -0.2) is 66.1 Å². The second-order valence-corrected chi connectivity index (χ2v) is 18.7. The maximum atomic E-state index is 12.6. The third-order valence-corrected chi connectivity index (χ3v) is 14.0. The Morgan fingerprint density at radius 2 is 1.43 bits per heavy atom. The average Bonchev–Trinajstić information content (AvgIpc) is 3.26. The van der Waals surface area contributed by atoms with E-state index in [2.05, 4.69) is 117 Å². The van der Waals surface area contributed by atoms with E-state index in [4.69, 9.17) is 0 Å². The quantitative estimate of drug-likeness (QED) is 0.168. The fourth-order valence-corrected chi connectivity index (χ4v) is 10.3. The molecule has 1 N–H and O–H groups in total. The highest BCUT2D eigenvalue weighted by Gasteiger charge is 2.39. The summed E-state index contributed by atoms with van der Waals surface area (Å²) >= 11 is 0. The van der Waals surface area contributed by atoms with Crippen molar-refractivity contribution >= 4 is 11.6 Å². The van der Waals surface area contributed by atoms with E-state index >= 15 is 0 Å². The SMILES string of the molecule is C/C=C(\C=C(/C)CC)C1(Cc2nc(=O)c(O)c3n2CCN(C)C3=O)CCCCC1.C=C1c2cc(=O)nc(CC3(c4cc(C)cc(C)c4)CCCCC3)n2CCN1C(C)C.CC#CC. The van der Waals surface area contributed by atoms with Gasteiger partial charge in [0.1, 0.15) is 11.6 Å². The first-order valence-electron chi connectivity index (χ1n) is 23.4. The second kappa shape index (κ2) is 21.5. The highest BCUT2D eigenvalue weighted by atomic mass is 16.3. The highest BCUT2D eigenvalue weighted by molar-refractivity contribution is 5.95. The summed E-state index contributed by atoms with van der Waals surface area (Å²) in [6.45, 7) is 25.9. The molecule has 0 saturated heterocycles. The molecular formula is C53H74N6O4. The van der Waals surface area contributed by atoms with E-state index in [9.17, 15) is 19.5 Å². The van der Waals surface area contributed by atoms with Crippen molar-refractivity contribution in [3.63, 3.8) is 0 Å². The van der Waals surface area contributed by atoms with Gasteiger partial charge in [-0.3, -0.25) is 14.4 Å². The zero-order valence-electron chi connectivity index (χ0n) is 40.1. The van der Waals surface area contributed by atoms with Crippen molar-refractivity contribution in [2.45, 2.75) is 170 Å². The number of nitrogens with zero attached hydrogens (tertiary/aromatic N) is 6. The van der Waals surface area contributed by atoms with Gasteiger partial charge in [-0.25, -0.2) is 0 Å². The summed E-state index contributed by atoms with van der Waals surface area (Å²) in [7, 11) is 1.69. The van der Waals surface area contributed by atoms with Crippen molar-refractivity contribution in [1.29, 1.82) is 0 Å². The van der Waals surface area contributed by atoms with Gasteiger partial charge < -0.3 is 24.0 Å². The van der Waals surface area contributed by atoms with Gasteiger partial charge in [0.15, 0.2) is 5.69 Å². The van der Waals surface area contributed by atoms with Crippen LogP contribution in [0.25, 0.3) is 5.70 Å². The highest BCUT2D eigenvalue weighted by Crippen LogP contribution is 2.46. The summed E-state index contributed by atoms with van der Waals surface area (Å²) in [6.07, 6.45) is 18.6. The molecule has 0 radical (unpaired) electrons. The Kier molecular flexibility index (Phi) is 16.7. The second-order valence-electron chi connectivity index (χ2n) is 18.7. The molecule has 0 spiro atoms. The lowest BCUT2D eigenvalue weighted by atomic mass is 9.66. The van der Waals surface area contributed by atoms with Crippen LogP contribution < -0.4 is 11.1 Å². The number of benzene rings is 1. The van der Waals surface area contributed by atoms with Gasteiger partial charge in [-0.15, -0.1) is 11.8 Å². The lowest BCUT2D eigenvalue weighted by Crippen LogP contribution is -2.42. The van der Waals surface area contributed by atoms with Gasteiger partial charge in [0.05, 0.1) is 11.4 Å². The van der Waals surface area contributed by atoms with Crippen LogP contribution in [0.3, 0.4) is 0 Å². The minimum Gasteiger partial charge on any atom is -0.501 e. The molecule has 2 fully saturated rings. The van der Waals surface area contributed by atoms with Crippen LogP contribution in [0.15, 0.2) is 63.7 Å². The fraction of sp³-hybridized carbons (Fsp3) is 0.566. The van der Waals surface area contributed by atoms with E-state index in [0.717, 1.165) is 81.7 Å². The monoisotopic (exact) mass is 859 g/mol. The molecule has 4 aliphatic rings. The van der Waals surface area contributed by atoms with Gasteiger partial charge in [-0.2, -0.15) is 9.97 Å². The molecule has 0 unspecified atom stereocenters. The first-order valence-corrected chi connectivity index (χ1v) is 23.4. The summed E-state index contributed by atoms with van der Waals surface area (Å²) in [6, 6.07) is 9.01. The minimum atomic E-state index is -0.705. The number of fused-ring (bicyclic) bond motifs is 2. The normalized spacial score (nSPS) is 18.3. The van der Waals surface area contributed by atoms with Crippen molar-refractivity contribution in [2.75, 3.05) is 20.1 Å². The molecule has 2 aromatic heterocycles. The first kappa shape index (κ1) is 48.9. The number of likely N-dealkylation sites (N-methyl/N-ethyl adjacent to an activating group) is 1. The molecule has 340 valence electrons. The summed E-state index contributed by atoms with van der Waals surface area (Å²) < 4.78 is 4.04. The zero-order chi connectivity index (χ0) is 46.1. The van der Waals surface area contributed by atoms with Crippen LogP contribution in [0, 0.1) is 31.1 Å². The Morgan fingerprint density at radius 1 is 0.841 bits per heavy atom. The lowest BCUT2D eigenvalue weighted by molar-refractivity contribution is 0.0736. The Balaban J connectivity index is 0.000000219. The molecule has 2 saturated carbocycles. The molecular weight excluding hydrogens is 785 g/mol. The van der Waals surface area contributed by atoms with E-state index in [-0.39, 0.29) is 28.0 Å². The van der Waals surface area contributed by atoms with E-state index < -0.39 is 11.3 Å². The number of rotatable bonds is 9. The van der Waals surface area contributed by atoms with Crippen LogP contribution in [-0.2, 0) is 31.3 Å². The van der Waals surface area contributed by atoms with Crippen LogP contribution in [0.2, 0.25) is 0 Å². The fourth-order valence-electron chi connectivity index (χ4n) is 10.3. The van der Waals surface area contributed by atoms with Gasteiger partial charge >= 0.3 is 5.56 Å². The maximum Gasteiger partial charge on any atom is 0.315 e. The predicted octanol–water partition coefficient (Wildman–Crippen LogP) is 9.86. The van der Waals surface area contributed by atoms with E-state index in [1.165, 1.54) is 53.5 Å². The molecule has 1 aromatic carbocycles. The van der Waals surface area contributed by atoms with Gasteiger partial charge in [0.2, 0.25) is 5.75 Å². The number of allylic oxidation sites excluding steroid dienone is 4. The molecule has 1 amide bonds. The Bertz CT molecular complexity index is 2350. The van der Waals surface area contributed by atoms with Crippen molar-refractivity contribution < 1.29 is 9.90 Å². The Hall–Kier alpha value is -5.17. The van der Waals surface area contributed by atoms with Crippen LogP contribution >= 0.6 is 0 Å². The Morgan fingerprint density at radius 3 is 2.00 bits per heavy atom. The molecule has 10 nitrogen and oxygen atoms in total. The van der Waals surface area contributed by atoms with Gasteiger partial charge in [0, 0.05) is 69.0 Å². The summed E-state index contributed by atoms with van der Waals surface area (Å²) in [5, 5.41) is 10.3. The van der Waals surface area contributed by atoms with Crippen molar-refractivity contribution in [2.24, 2.45) is 5.41 Å². The Labute approximate surface area is 377 Å². The molecule has 0 atom stereocenters. The molecule has 7 rings (SSSR count). The van der Waals surface area contributed by atoms with Gasteiger partial charge in [-0.1, -0.05) is 99.1 Å². The number of carbonyl (C=O) groups is 1. The van der Waals surface area contributed by atoms with E-state index in [0.29, 0.717) is 31.4 Å². The number of aromatic hydroxyl groups is 1. The number of amides is 1. The molecule has 2 aliphatic heterocycles. The van der Waals surface area contributed by atoms with Gasteiger partial charge in [-0.05, 0) is 98.6 Å². The maximum absolute atomic E-state index is 12.6. The van der Waals surface area contributed by atoms with E-state index in [1.807, 2.05) is 13.8 Å². The number of aromatic nitrogens is 4. The first-order chi connectivity index (χ1) is 30.0. The molecule has 0 bridgehead atoms. The topological polar surface area (TPSA) is 114 Å². The summed E-state index contributed by atoms with van der Waals surface area (Å²) in [4.78, 5) is 50.3. The lowest BCUT2D eigenvalue weighted by Gasteiger charge is -2.41. The molecule has 3 aromatic rings. The minimum absolute atomic E-state index is 0.0626. The standard InChI is InChI=1S/C26H35N3O.C23H33N3O3.C4H6/c1-18(2)28-11-12-29-23(21(28)5)16-25(30)27-24(29)17-26(9-7-6-8-10-26)22-14-19(3)13-20(4)15-22;1-5-16(3)14-17(6-2)23(10-8-7-9-11-23)15-18-24-21(28)20(27)19-22(29)25(4)12-13-26(18)19;1-3-4-2/h13-16,18H,5-12,17H2,1-4H3;6,14,27H,5,7-13,15H2,1-4H3;1-2H3/b;16-14+,17-6+;. The molecule has 2 aliphatic carbocycles. The van der Waals surface area contributed by atoms with E-state index in [1.54, 1.807) is 22.6 Å². The largest absolute Gasteiger partial charge is 0.501 e. The summed E-state index contributed by atoms with van der Waals surface area (Å²) in [5.74, 6) is 6.06. The van der Waals surface area contributed by atoms with Gasteiger partial charge in [0.25, 0.3) is 11.5 Å². The van der Waals surface area contributed by atoms with Crippen LogP contribution in [0.1, 0.15) is 164 Å². The van der Waals surface area contributed by atoms with Crippen molar-refractivity contribution in [3.05, 3.63) is 115 Å². The number of hydrogen-bond acceptors (Lipinski definition) is 7. The van der Waals surface area contributed by atoms with Crippen molar-refractivity contribution in [3.8, 4) is 17.6 Å². The third-order valence-electron chi connectivity index (χ3n) is 14.0. The van der Waals surface area contributed by atoms with Crippen LogP contribution in [0.5, 0.6) is 5.75 Å². The predicted molar refractivity (Wildman–Crippen MR) is 257 cm³/mol. The zero-order valence-corrected chi connectivity index (χ0v) is 40.1. The van der Waals surface area contributed by atoms with Crippen molar-refractivity contribution in [1.82, 2.24) is 28.9 Å². The molecule has 4 heterocycles. The average molecular weight is 859 g/mol. The number of carbonyl (C=O) groups excluding carboxylic acids is 1. The van der Waals surface area contributed by atoms with Crippen LogP contribution in [0.4, 0.5) is 0 Å². The smallest absolute Gasteiger partial charge is 0.315 e. The third kappa shape index (κ3) is 11.1. The number of aryl methyl sites for hydroxylation is 2. The summed E-state index contributed by atoms with van der Waals surface area (Å²) in [5.41, 5.74) is 7.78. The molecule has 63 heavy (non-hydrogen) atoms. The number of hydrogen-bond donors (Lipinski definition) is 1.